The molecule has 4 N–H and O–H groups in total. The second-order valence-corrected chi connectivity index (χ2v) is 4.83. The zero-order valence-electron chi connectivity index (χ0n) is 11.0. The number of urea groups is 1. The Hall–Kier alpha value is -2.41. The van der Waals surface area contributed by atoms with Crippen LogP contribution in [0.25, 0.3) is 0 Å². The van der Waals surface area contributed by atoms with Gasteiger partial charge in [0.25, 0.3) is 0 Å². The molecule has 22 heavy (non-hydrogen) atoms. The van der Waals surface area contributed by atoms with Crippen LogP contribution in [0, 0.1) is 0 Å². The van der Waals surface area contributed by atoms with E-state index in [4.69, 9.17) is 17.3 Å². The fourth-order valence-electron chi connectivity index (χ4n) is 1.70. The maximum Gasteiger partial charge on any atom is 0.416 e. The average molecular weight is 330 g/mol. The molecule has 2 aromatic carbocycles. The van der Waals surface area contributed by atoms with Gasteiger partial charge >= 0.3 is 12.2 Å². The van der Waals surface area contributed by atoms with E-state index in [1.807, 2.05) is 0 Å². The molecule has 116 valence electrons. The van der Waals surface area contributed by atoms with E-state index in [1.165, 1.54) is 6.07 Å². The van der Waals surface area contributed by atoms with Gasteiger partial charge in [0, 0.05) is 10.7 Å². The van der Waals surface area contributed by atoms with Gasteiger partial charge in [-0.05, 0) is 36.4 Å². The van der Waals surface area contributed by atoms with Gasteiger partial charge in [0.15, 0.2) is 0 Å². The van der Waals surface area contributed by atoms with Crippen molar-refractivity contribution in [2.24, 2.45) is 0 Å². The number of hydrogen-bond donors (Lipinski definition) is 3. The Bertz CT molecular complexity index is 704. The summed E-state index contributed by atoms with van der Waals surface area (Å²) in [6.07, 6.45) is -4.49. The summed E-state index contributed by atoms with van der Waals surface area (Å²) in [6, 6.07) is 8.46. The predicted octanol–water partition coefficient (Wildman–Crippen LogP) is 4.59. The minimum Gasteiger partial charge on any atom is -0.397 e. The second kappa shape index (κ2) is 6.15. The van der Waals surface area contributed by atoms with Crippen molar-refractivity contribution in [3.63, 3.8) is 0 Å². The normalized spacial score (nSPS) is 11.1. The average Bonchev–Trinajstić information content (AvgIpc) is 2.39. The number of rotatable bonds is 2. The molecule has 8 heteroatoms. The first kappa shape index (κ1) is 16.0. The Morgan fingerprint density at radius 1 is 1.09 bits per heavy atom. The first-order chi connectivity index (χ1) is 10.3. The molecule has 4 nitrogen and oxygen atoms in total. The minimum absolute atomic E-state index is 0.0764. The number of nitrogens with one attached hydrogen (secondary N) is 2. The highest BCUT2D eigenvalue weighted by Crippen LogP contribution is 2.32. The topological polar surface area (TPSA) is 67.1 Å². The molecule has 0 bridgehead atoms. The molecule has 0 aliphatic rings. The molecule has 0 saturated carbocycles. The summed E-state index contributed by atoms with van der Waals surface area (Å²) in [5.74, 6) is 0. The number of alkyl halides is 3. The summed E-state index contributed by atoms with van der Waals surface area (Å²) >= 11 is 5.78. The van der Waals surface area contributed by atoms with Gasteiger partial charge in [-0.15, -0.1) is 0 Å². The van der Waals surface area contributed by atoms with E-state index >= 15 is 0 Å². The number of benzene rings is 2. The van der Waals surface area contributed by atoms with Crippen molar-refractivity contribution in [1.82, 2.24) is 0 Å². The van der Waals surface area contributed by atoms with Crippen LogP contribution in [-0.2, 0) is 6.18 Å². The summed E-state index contributed by atoms with van der Waals surface area (Å²) in [6.45, 7) is 0. The Morgan fingerprint density at radius 3 is 2.41 bits per heavy atom. The fraction of sp³-hybridized carbons (Fsp3) is 0.0714. The summed E-state index contributed by atoms with van der Waals surface area (Å²) in [4.78, 5) is 11.8. The van der Waals surface area contributed by atoms with Crippen LogP contribution in [0.15, 0.2) is 42.5 Å². The van der Waals surface area contributed by atoms with Crippen molar-refractivity contribution < 1.29 is 18.0 Å². The summed E-state index contributed by atoms with van der Waals surface area (Å²) in [5.41, 5.74) is 4.97. The maximum atomic E-state index is 12.5. The van der Waals surface area contributed by atoms with Crippen LogP contribution in [0.2, 0.25) is 5.02 Å². The van der Waals surface area contributed by atoms with Crippen LogP contribution >= 0.6 is 11.6 Å². The van der Waals surface area contributed by atoms with Gasteiger partial charge < -0.3 is 16.4 Å². The molecule has 0 radical (unpaired) electrons. The monoisotopic (exact) mass is 329 g/mol. The number of nitrogen functional groups attached to an aromatic ring is 1. The molecule has 0 unspecified atom stereocenters. The molecule has 2 amide bonds. The SMILES string of the molecule is Nc1cc(C(F)(F)F)ccc1NC(=O)Nc1cccc(Cl)c1. The van der Waals surface area contributed by atoms with Crippen LogP contribution in [0.1, 0.15) is 5.56 Å². The minimum atomic E-state index is -4.49. The van der Waals surface area contributed by atoms with E-state index in [0.29, 0.717) is 10.7 Å². The highest BCUT2D eigenvalue weighted by Gasteiger charge is 2.30. The lowest BCUT2D eigenvalue weighted by Gasteiger charge is -2.12. The quantitative estimate of drug-likeness (QED) is 0.706. The van der Waals surface area contributed by atoms with Crippen molar-refractivity contribution in [3.8, 4) is 0 Å². The van der Waals surface area contributed by atoms with Crippen molar-refractivity contribution >= 4 is 34.7 Å². The molecule has 0 aliphatic heterocycles. The van der Waals surface area contributed by atoms with E-state index < -0.39 is 17.8 Å². The van der Waals surface area contributed by atoms with Crippen LogP contribution in [-0.4, -0.2) is 6.03 Å². The molecular formula is C14H11ClF3N3O. The number of anilines is 3. The van der Waals surface area contributed by atoms with Crippen molar-refractivity contribution in [2.45, 2.75) is 6.18 Å². The maximum absolute atomic E-state index is 12.5. The van der Waals surface area contributed by atoms with Gasteiger partial charge in [-0.2, -0.15) is 13.2 Å². The lowest BCUT2D eigenvalue weighted by atomic mass is 10.1. The standard InChI is InChI=1S/C14H11ClF3N3O/c15-9-2-1-3-10(7-9)20-13(22)21-12-5-4-8(6-11(12)19)14(16,17)18/h1-7H,19H2,(H2,20,21,22). The number of carbonyl (C=O) groups excluding carboxylic acids is 1. The molecule has 2 rings (SSSR count). The number of amides is 2. The van der Waals surface area contributed by atoms with E-state index in [9.17, 15) is 18.0 Å². The Labute approximate surface area is 129 Å². The van der Waals surface area contributed by atoms with Crippen LogP contribution in [0.3, 0.4) is 0 Å². The van der Waals surface area contributed by atoms with E-state index in [-0.39, 0.29) is 11.4 Å². The molecule has 0 heterocycles. The zero-order chi connectivity index (χ0) is 16.3. The molecule has 0 fully saturated rings. The van der Waals surface area contributed by atoms with Crippen LogP contribution < -0.4 is 16.4 Å². The molecule has 0 aliphatic carbocycles. The highest BCUT2D eigenvalue weighted by atomic mass is 35.5. The molecule has 2 aromatic rings. The van der Waals surface area contributed by atoms with E-state index in [0.717, 1.165) is 18.2 Å². The Balaban J connectivity index is 2.09. The van der Waals surface area contributed by atoms with Gasteiger partial charge in [0.05, 0.1) is 16.9 Å². The predicted molar refractivity (Wildman–Crippen MR) is 79.9 cm³/mol. The molecule has 0 saturated heterocycles. The number of nitrogens with two attached hydrogens (primary N) is 1. The third kappa shape index (κ3) is 4.05. The molecule has 0 aromatic heterocycles. The van der Waals surface area contributed by atoms with Crippen molar-refractivity contribution in [3.05, 3.63) is 53.1 Å². The van der Waals surface area contributed by atoms with Crippen molar-refractivity contribution in [1.29, 1.82) is 0 Å². The summed E-state index contributed by atoms with van der Waals surface area (Å²) in [7, 11) is 0. The molecule has 0 spiro atoms. The lowest BCUT2D eigenvalue weighted by molar-refractivity contribution is -0.137. The van der Waals surface area contributed by atoms with Crippen molar-refractivity contribution in [2.75, 3.05) is 16.4 Å². The number of carbonyl (C=O) groups is 1. The second-order valence-electron chi connectivity index (χ2n) is 4.39. The zero-order valence-corrected chi connectivity index (χ0v) is 11.8. The largest absolute Gasteiger partial charge is 0.416 e. The van der Waals surface area contributed by atoms with Gasteiger partial charge in [-0.25, -0.2) is 4.79 Å². The van der Waals surface area contributed by atoms with Gasteiger partial charge in [0.1, 0.15) is 0 Å². The first-order valence-corrected chi connectivity index (χ1v) is 6.44. The fourth-order valence-corrected chi connectivity index (χ4v) is 1.89. The number of hydrogen-bond acceptors (Lipinski definition) is 2. The molecular weight excluding hydrogens is 319 g/mol. The van der Waals surface area contributed by atoms with E-state index in [2.05, 4.69) is 10.6 Å². The third-order valence-electron chi connectivity index (χ3n) is 2.71. The third-order valence-corrected chi connectivity index (χ3v) is 2.94. The summed E-state index contributed by atoms with van der Waals surface area (Å²) in [5, 5.41) is 5.30. The Kier molecular flexibility index (Phi) is 4.46. The molecule has 0 atom stereocenters. The van der Waals surface area contributed by atoms with Gasteiger partial charge in [-0.3, -0.25) is 0 Å². The lowest BCUT2D eigenvalue weighted by Crippen LogP contribution is -2.20. The Morgan fingerprint density at radius 2 is 1.82 bits per heavy atom. The van der Waals surface area contributed by atoms with Crippen LogP contribution in [0.5, 0.6) is 0 Å². The van der Waals surface area contributed by atoms with Gasteiger partial charge in [-0.1, -0.05) is 17.7 Å². The first-order valence-electron chi connectivity index (χ1n) is 6.06. The highest BCUT2D eigenvalue weighted by molar-refractivity contribution is 6.30. The number of halogens is 4. The van der Waals surface area contributed by atoms with E-state index in [1.54, 1.807) is 18.2 Å². The van der Waals surface area contributed by atoms with Crippen LogP contribution in [0.4, 0.5) is 35.0 Å². The van der Waals surface area contributed by atoms with Gasteiger partial charge in [0.2, 0.25) is 0 Å². The smallest absolute Gasteiger partial charge is 0.397 e. The summed E-state index contributed by atoms with van der Waals surface area (Å²) < 4.78 is 37.6.